The summed E-state index contributed by atoms with van der Waals surface area (Å²) in [5.74, 6) is 1.02. The topological polar surface area (TPSA) is 158 Å². The third kappa shape index (κ3) is 7.53. The zero-order valence-electron chi connectivity index (χ0n) is 24.5. The number of halogens is 1. The van der Waals surface area contributed by atoms with Gasteiger partial charge in [0.1, 0.15) is 16.5 Å². The number of carbonyl (C=O) groups excluding carboxylic acids is 1. The summed E-state index contributed by atoms with van der Waals surface area (Å²) in [7, 11) is 0.431. The molecule has 3 aromatic rings. The third-order valence-electron chi connectivity index (χ3n) is 7.75. The molecule has 44 heavy (non-hydrogen) atoms. The third-order valence-corrected chi connectivity index (χ3v) is 8.62. The maximum absolute atomic E-state index is 11.8. The zero-order valence-corrected chi connectivity index (χ0v) is 26.1. The van der Waals surface area contributed by atoms with Crippen molar-refractivity contribution in [1.82, 2.24) is 19.8 Å². The lowest BCUT2D eigenvalue weighted by Crippen LogP contribution is -2.52. The van der Waals surface area contributed by atoms with Gasteiger partial charge in [-0.2, -0.15) is 4.98 Å². The lowest BCUT2D eigenvalue weighted by Gasteiger charge is -2.42. The predicted octanol–water partition coefficient (Wildman–Crippen LogP) is 3.19. The molecule has 236 valence electrons. The summed E-state index contributed by atoms with van der Waals surface area (Å²) in [6.07, 6.45) is 2.36. The Hall–Kier alpha value is -4.05. The number of primary amides is 1. The summed E-state index contributed by atoms with van der Waals surface area (Å²) >= 11 is 6.37. The normalized spacial score (nSPS) is 16.5. The number of hydrogen-bond acceptors (Lipinski definition) is 12. The number of para-hydroxylation sites is 2. The minimum Gasteiger partial charge on any atom is -0.494 e. The molecule has 0 aliphatic carbocycles. The Bertz CT molecular complexity index is 1540. The molecule has 0 radical (unpaired) electrons. The number of rotatable bonds is 10. The van der Waals surface area contributed by atoms with Gasteiger partial charge < -0.3 is 35.7 Å². The van der Waals surface area contributed by atoms with Crippen LogP contribution in [0, 0.1) is 0 Å². The first-order chi connectivity index (χ1) is 21.2. The SMILES string of the molecule is COc1cc(N2CCC(N3CCN(C)CC3)CC2)ccc1Nc1ncc(Cl)c(Nc2ccccc2N(OC(N)=O)[SH](=O)=O)n1. The molecule has 0 bridgehead atoms. The molecule has 0 spiro atoms. The van der Waals surface area contributed by atoms with Gasteiger partial charge in [-0.15, -0.1) is 0 Å². The average molecular weight is 646 g/mol. The number of hydrogen-bond donors (Lipinski definition) is 4. The Kier molecular flexibility index (Phi) is 10.1. The molecule has 2 saturated heterocycles. The number of nitrogens with one attached hydrogen (secondary N) is 2. The maximum Gasteiger partial charge on any atom is 0.429 e. The second kappa shape index (κ2) is 14.2. The summed E-state index contributed by atoms with van der Waals surface area (Å²) in [5.41, 5.74) is 7.01. The van der Waals surface area contributed by atoms with Crippen molar-refractivity contribution in [2.24, 2.45) is 5.73 Å². The lowest BCUT2D eigenvalue weighted by molar-refractivity contribution is 0.0982. The molecule has 5 rings (SSSR count). The van der Waals surface area contributed by atoms with Crippen LogP contribution in [0.3, 0.4) is 0 Å². The van der Waals surface area contributed by atoms with Crippen molar-refractivity contribution in [2.45, 2.75) is 18.9 Å². The highest BCUT2D eigenvalue weighted by Gasteiger charge is 2.27. The van der Waals surface area contributed by atoms with E-state index in [1.165, 1.54) is 12.3 Å². The van der Waals surface area contributed by atoms with E-state index in [1.54, 1.807) is 25.3 Å². The van der Waals surface area contributed by atoms with E-state index in [9.17, 15) is 13.2 Å². The van der Waals surface area contributed by atoms with Crippen LogP contribution in [0.1, 0.15) is 12.8 Å². The molecule has 2 aliphatic rings. The Labute approximate surface area is 262 Å². The number of likely N-dealkylation sites (N-methyl/N-ethyl adjacent to an activating group) is 1. The number of thiol groups is 1. The molecule has 0 saturated carbocycles. The molecule has 16 heteroatoms. The maximum atomic E-state index is 11.8. The highest BCUT2D eigenvalue weighted by molar-refractivity contribution is 7.73. The highest BCUT2D eigenvalue weighted by atomic mass is 35.5. The minimum absolute atomic E-state index is 0.00331. The van der Waals surface area contributed by atoms with E-state index >= 15 is 0 Å². The number of aromatic nitrogens is 2. The van der Waals surface area contributed by atoms with Crippen LogP contribution in [0.4, 0.5) is 39.3 Å². The van der Waals surface area contributed by atoms with Crippen molar-refractivity contribution in [3.8, 4) is 5.75 Å². The van der Waals surface area contributed by atoms with Crippen molar-refractivity contribution < 1.29 is 22.8 Å². The number of amides is 1. The largest absolute Gasteiger partial charge is 0.494 e. The number of ether oxygens (including phenoxy) is 1. The number of piperidine rings is 1. The van der Waals surface area contributed by atoms with Crippen LogP contribution in [-0.4, -0.2) is 93.7 Å². The summed E-state index contributed by atoms with van der Waals surface area (Å²) < 4.78 is 29.6. The fraction of sp³-hybridized carbons (Fsp3) is 0.393. The summed E-state index contributed by atoms with van der Waals surface area (Å²) in [6, 6.07) is 12.8. The molecule has 0 unspecified atom stereocenters. The van der Waals surface area contributed by atoms with Gasteiger partial charge >= 0.3 is 6.09 Å². The van der Waals surface area contributed by atoms with E-state index in [0.29, 0.717) is 21.9 Å². The Morgan fingerprint density at radius 1 is 1.05 bits per heavy atom. The van der Waals surface area contributed by atoms with Crippen LogP contribution in [0.25, 0.3) is 0 Å². The second-order valence-corrected chi connectivity index (χ2v) is 11.8. The molecule has 2 fully saturated rings. The Morgan fingerprint density at radius 3 is 2.45 bits per heavy atom. The van der Waals surface area contributed by atoms with E-state index in [2.05, 4.69) is 47.2 Å². The molecule has 2 aromatic carbocycles. The first-order valence-electron chi connectivity index (χ1n) is 14.1. The van der Waals surface area contributed by atoms with Crippen LogP contribution in [-0.2, 0) is 15.7 Å². The standard InChI is InChI=1S/C28H36ClN9O5S/c1-35-13-15-37(16-14-35)19-9-11-36(12-10-19)20-7-8-23(25(17-20)42-2)33-28-31-18-21(29)26(34-28)32-22-5-3-4-6-24(22)38(44(40)41)43-27(30)39/h3-8,17-19,44H,9-16H2,1-2H3,(H2,30,39)(H2,31,32,33,34). The van der Waals surface area contributed by atoms with Gasteiger partial charge in [0, 0.05) is 57.1 Å². The van der Waals surface area contributed by atoms with Crippen LogP contribution in [0.15, 0.2) is 48.7 Å². The summed E-state index contributed by atoms with van der Waals surface area (Å²) in [5, 5.41) is 6.32. The van der Waals surface area contributed by atoms with Gasteiger partial charge in [0.25, 0.3) is 10.9 Å². The highest BCUT2D eigenvalue weighted by Crippen LogP contribution is 2.35. The van der Waals surface area contributed by atoms with Crippen molar-refractivity contribution in [1.29, 1.82) is 0 Å². The van der Waals surface area contributed by atoms with Crippen LogP contribution in [0.2, 0.25) is 5.02 Å². The molecule has 3 heterocycles. The number of piperazine rings is 1. The van der Waals surface area contributed by atoms with E-state index in [0.717, 1.165) is 57.8 Å². The van der Waals surface area contributed by atoms with E-state index < -0.39 is 17.0 Å². The summed E-state index contributed by atoms with van der Waals surface area (Å²) in [6.45, 7) is 6.48. The van der Waals surface area contributed by atoms with Gasteiger partial charge in [-0.1, -0.05) is 28.2 Å². The van der Waals surface area contributed by atoms with E-state index in [-0.39, 0.29) is 28.2 Å². The van der Waals surface area contributed by atoms with Gasteiger partial charge in [-0.25, -0.2) is 18.2 Å². The molecule has 4 N–H and O–H groups in total. The molecule has 0 atom stereocenters. The molecule has 2 aliphatic heterocycles. The van der Waals surface area contributed by atoms with Crippen LogP contribution in [0.5, 0.6) is 5.75 Å². The lowest BCUT2D eigenvalue weighted by atomic mass is 10.0. The fourth-order valence-corrected chi connectivity index (χ4v) is 6.06. The van der Waals surface area contributed by atoms with Gasteiger partial charge in [0.05, 0.1) is 24.7 Å². The number of nitrogens with two attached hydrogens (primary N) is 1. The van der Waals surface area contributed by atoms with Crippen LogP contribution >= 0.6 is 11.6 Å². The average Bonchev–Trinajstić information content (AvgIpc) is 3.02. The van der Waals surface area contributed by atoms with Crippen LogP contribution < -0.4 is 30.5 Å². The molecular weight excluding hydrogens is 610 g/mol. The van der Waals surface area contributed by atoms with Gasteiger partial charge in [-0.3, -0.25) is 4.90 Å². The second-order valence-electron chi connectivity index (χ2n) is 10.5. The smallest absolute Gasteiger partial charge is 0.429 e. The minimum atomic E-state index is -3.36. The monoisotopic (exact) mass is 645 g/mol. The van der Waals surface area contributed by atoms with Crippen molar-refractivity contribution in [3.63, 3.8) is 0 Å². The molecule has 1 amide bonds. The van der Waals surface area contributed by atoms with Gasteiger partial charge in [0.2, 0.25) is 5.95 Å². The number of anilines is 6. The first-order valence-corrected chi connectivity index (χ1v) is 15.7. The molecule has 1 aromatic heterocycles. The number of nitrogens with zero attached hydrogens (tertiary/aromatic N) is 6. The van der Waals surface area contributed by atoms with Crippen molar-refractivity contribution >= 4 is 63.1 Å². The molecule has 14 nitrogen and oxygen atoms in total. The van der Waals surface area contributed by atoms with Gasteiger partial charge in [-0.05, 0) is 44.2 Å². The fourth-order valence-electron chi connectivity index (χ4n) is 5.42. The summed E-state index contributed by atoms with van der Waals surface area (Å²) in [4.78, 5) is 32.1. The van der Waals surface area contributed by atoms with E-state index in [1.807, 2.05) is 18.2 Å². The van der Waals surface area contributed by atoms with Crippen molar-refractivity contribution in [2.75, 3.05) is 73.4 Å². The Balaban J connectivity index is 1.28. The molecular formula is C28H36ClN9O5S. The number of benzene rings is 2. The number of methoxy groups -OCH3 is 1. The van der Waals surface area contributed by atoms with E-state index in [4.69, 9.17) is 22.1 Å². The quantitative estimate of drug-likeness (QED) is 0.189. The first kappa shape index (κ1) is 31.4. The number of carbonyl (C=O) groups is 1. The zero-order chi connectivity index (χ0) is 31.2. The van der Waals surface area contributed by atoms with Crippen molar-refractivity contribution in [3.05, 3.63) is 53.7 Å². The Morgan fingerprint density at radius 2 is 1.77 bits per heavy atom. The predicted molar refractivity (Wildman–Crippen MR) is 171 cm³/mol. The van der Waals surface area contributed by atoms with Gasteiger partial charge in [0.15, 0.2) is 5.82 Å².